The molecule has 29 heavy (non-hydrogen) atoms. The van der Waals surface area contributed by atoms with E-state index in [2.05, 4.69) is 57.1 Å². The van der Waals surface area contributed by atoms with E-state index in [9.17, 15) is 9.59 Å². The molecule has 0 saturated carbocycles. The molecule has 1 amide bonds. The number of piperidine rings is 1. The molecule has 158 valence electrons. The van der Waals surface area contributed by atoms with Crippen LogP contribution in [0.2, 0.25) is 0 Å². The smallest absolute Gasteiger partial charge is 0.349 e. The number of hydrogen-bond donors (Lipinski definition) is 2. The van der Waals surface area contributed by atoms with E-state index in [0.29, 0.717) is 5.58 Å². The van der Waals surface area contributed by atoms with Gasteiger partial charge in [0.25, 0.3) is 5.91 Å². The third kappa shape index (κ3) is 4.81. The van der Waals surface area contributed by atoms with Crippen LogP contribution in [0.15, 0.2) is 33.5 Å². The molecule has 0 radical (unpaired) electrons. The molecular formula is C23H33N3O3. The zero-order valence-corrected chi connectivity index (χ0v) is 18.4. The Labute approximate surface area is 172 Å². The monoisotopic (exact) mass is 399 g/mol. The summed E-state index contributed by atoms with van der Waals surface area (Å²) < 4.78 is 5.51. The summed E-state index contributed by atoms with van der Waals surface area (Å²) in [7, 11) is 0. The molecule has 6 nitrogen and oxygen atoms in total. The second-order valence-electron chi connectivity index (χ2n) is 9.31. The fourth-order valence-corrected chi connectivity index (χ4v) is 4.73. The van der Waals surface area contributed by atoms with E-state index in [1.165, 1.54) is 0 Å². The van der Waals surface area contributed by atoms with Crippen LogP contribution in [0, 0.1) is 0 Å². The van der Waals surface area contributed by atoms with Gasteiger partial charge < -0.3 is 20.0 Å². The third-order valence-electron chi connectivity index (χ3n) is 5.62. The van der Waals surface area contributed by atoms with Crippen molar-refractivity contribution in [2.45, 2.75) is 71.5 Å². The number of hydrogen-bond acceptors (Lipinski definition) is 5. The van der Waals surface area contributed by atoms with Crippen molar-refractivity contribution in [2.75, 3.05) is 18.0 Å². The standard InChI is InChI=1S/C23H33N3O3/c1-7-26(8-2)17-10-9-15-11-18(21(28)29-19(15)12-17)20(27)24-16-13-22(3,4)25-23(5,6)14-16/h9-12,16,25H,7-8,13-14H2,1-6H3,(H,24,27). The summed E-state index contributed by atoms with van der Waals surface area (Å²) in [5.41, 5.74) is 0.784. The number of benzene rings is 1. The normalized spacial score (nSPS) is 18.6. The van der Waals surface area contributed by atoms with Crippen LogP contribution in [-0.4, -0.2) is 36.1 Å². The highest BCUT2D eigenvalue weighted by Crippen LogP contribution is 2.29. The Morgan fingerprint density at radius 2 is 1.76 bits per heavy atom. The Balaban J connectivity index is 1.86. The SMILES string of the molecule is CCN(CC)c1ccc2cc(C(=O)NC3CC(C)(C)NC(C)(C)C3)c(=O)oc2c1. The molecule has 0 aliphatic carbocycles. The minimum absolute atomic E-state index is 0.00566. The van der Waals surface area contributed by atoms with E-state index < -0.39 is 5.63 Å². The van der Waals surface area contributed by atoms with Crippen LogP contribution in [0.25, 0.3) is 11.0 Å². The van der Waals surface area contributed by atoms with E-state index in [1.807, 2.05) is 18.2 Å². The first kappa shape index (κ1) is 21.4. The van der Waals surface area contributed by atoms with Crippen molar-refractivity contribution >= 4 is 22.6 Å². The Hall–Kier alpha value is -2.34. The van der Waals surface area contributed by atoms with Gasteiger partial charge in [-0.1, -0.05) is 0 Å². The summed E-state index contributed by atoms with van der Waals surface area (Å²) in [5.74, 6) is -0.369. The highest BCUT2D eigenvalue weighted by atomic mass is 16.4. The number of anilines is 1. The second kappa shape index (κ2) is 7.82. The van der Waals surface area contributed by atoms with Gasteiger partial charge >= 0.3 is 5.63 Å². The summed E-state index contributed by atoms with van der Waals surface area (Å²) in [5, 5.41) is 7.40. The molecule has 2 heterocycles. The molecular weight excluding hydrogens is 366 g/mol. The van der Waals surface area contributed by atoms with Crippen molar-refractivity contribution in [3.63, 3.8) is 0 Å². The Kier molecular flexibility index (Phi) is 5.77. The maximum Gasteiger partial charge on any atom is 0.349 e. The van der Waals surface area contributed by atoms with E-state index in [0.717, 1.165) is 37.0 Å². The second-order valence-corrected chi connectivity index (χ2v) is 9.31. The zero-order valence-electron chi connectivity index (χ0n) is 18.4. The lowest BCUT2D eigenvalue weighted by Gasteiger charge is -2.46. The predicted molar refractivity (Wildman–Crippen MR) is 118 cm³/mol. The zero-order chi connectivity index (χ0) is 21.4. The van der Waals surface area contributed by atoms with Crippen molar-refractivity contribution in [3.05, 3.63) is 40.2 Å². The molecule has 1 aliphatic rings. The van der Waals surface area contributed by atoms with Crippen molar-refractivity contribution < 1.29 is 9.21 Å². The quantitative estimate of drug-likeness (QED) is 0.750. The number of fused-ring (bicyclic) bond motifs is 1. The third-order valence-corrected chi connectivity index (χ3v) is 5.62. The molecule has 0 atom stereocenters. The lowest BCUT2D eigenvalue weighted by Crippen LogP contribution is -2.62. The van der Waals surface area contributed by atoms with Crippen LogP contribution >= 0.6 is 0 Å². The first-order valence-corrected chi connectivity index (χ1v) is 10.5. The van der Waals surface area contributed by atoms with Crippen molar-refractivity contribution in [1.29, 1.82) is 0 Å². The van der Waals surface area contributed by atoms with Crippen molar-refractivity contribution in [1.82, 2.24) is 10.6 Å². The maximum atomic E-state index is 12.9. The summed E-state index contributed by atoms with van der Waals surface area (Å²) >= 11 is 0. The largest absolute Gasteiger partial charge is 0.422 e. The van der Waals surface area contributed by atoms with Gasteiger partial charge in [0.2, 0.25) is 0 Å². The van der Waals surface area contributed by atoms with Crippen molar-refractivity contribution in [3.8, 4) is 0 Å². The minimum atomic E-state index is -0.598. The van der Waals surface area contributed by atoms with Crippen LogP contribution in [0.3, 0.4) is 0 Å². The lowest BCUT2D eigenvalue weighted by atomic mass is 9.79. The average Bonchev–Trinajstić information content (AvgIpc) is 2.59. The van der Waals surface area contributed by atoms with Gasteiger partial charge in [-0.15, -0.1) is 0 Å². The summed E-state index contributed by atoms with van der Waals surface area (Å²) in [6.45, 7) is 14.4. The molecule has 0 bridgehead atoms. The predicted octanol–water partition coefficient (Wildman–Crippen LogP) is 3.68. The first-order valence-electron chi connectivity index (χ1n) is 10.5. The van der Waals surface area contributed by atoms with Crippen LogP contribution in [-0.2, 0) is 0 Å². The summed E-state index contributed by atoms with van der Waals surface area (Å²) in [6.07, 6.45) is 1.60. The van der Waals surface area contributed by atoms with E-state index in [4.69, 9.17) is 4.42 Å². The van der Waals surface area contributed by atoms with Crippen LogP contribution in [0.4, 0.5) is 5.69 Å². The van der Waals surface area contributed by atoms with Crippen molar-refractivity contribution in [2.24, 2.45) is 0 Å². The molecule has 1 saturated heterocycles. The summed E-state index contributed by atoms with van der Waals surface area (Å²) in [6, 6.07) is 7.39. The minimum Gasteiger partial charge on any atom is -0.422 e. The fourth-order valence-electron chi connectivity index (χ4n) is 4.73. The number of amides is 1. The number of nitrogens with one attached hydrogen (secondary N) is 2. The molecule has 1 aromatic carbocycles. The Bertz CT molecular complexity index is 941. The first-order chi connectivity index (χ1) is 13.5. The number of carbonyl (C=O) groups excluding carboxylic acids is 1. The van der Waals surface area contributed by atoms with Gasteiger partial charge in [-0.3, -0.25) is 4.79 Å². The molecule has 2 aromatic rings. The van der Waals surface area contributed by atoms with Crippen LogP contribution in [0.1, 0.15) is 64.7 Å². The maximum absolute atomic E-state index is 12.9. The highest BCUT2D eigenvalue weighted by molar-refractivity contribution is 5.97. The van der Waals surface area contributed by atoms with Gasteiger partial charge in [-0.2, -0.15) is 0 Å². The van der Waals surface area contributed by atoms with E-state index >= 15 is 0 Å². The average molecular weight is 400 g/mol. The van der Waals surface area contributed by atoms with E-state index in [-0.39, 0.29) is 28.6 Å². The van der Waals surface area contributed by atoms with E-state index in [1.54, 1.807) is 6.07 Å². The van der Waals surface area contributed by atoms with Crippen LogP contribution < -0.4 is 21.2 Å². The topological polar surface area (TPSA) is 74.6 Å². The van der Waals surface area contributed by atoms with Gasteiger partial charge in [-0.05, 0) is 72.6 Å². The molecule has 3 rings (SSSR count). The van der Waals surface area contributed by atoms with Gasteiger partial charge in [0, 0.05) is 47.3 Å². The molecule has 1 aliphatic heterocycles. The van der Waals surface area contributed by atoms with Crippen LogP contribution in [0.5, 0.6) is 0 Å². The number of carbonyl (C=O) groups is 1. The molecule has 0 unspecified atom stereocenters. The highest BCUT2D eigenvalue weighted by Gasteiger charge is 2.38. The van der Waals surface area contributed by atoms with Gasteiger partial charge in [-0.25, -0.2) is 4.79 Å². The molecule has 1 fully saturated rings. The number of nitrogens with zero attached hydrogens (tertiary/aromatic N) is 1. The van der Waals surface area contributed by atoms with Gasteiger partial charge in [0.15, 0.2) is 0 Å². The van der Waals surface area contributed by atoms with Gasteiger partial charge in [0.05, 0.1) is 0 Å². The van der Waals surface area contributed by atoms with Gasteiger partial charge in [0.1, 0.15) is 11.1 Å². The number of rotatable bonds is 5. The lowest BCUT2D eigenvalue weighted by molar-refractivity contribution is 0.0870. The molecule has 6 heteroatoms. The Morgan fingerprint density at radius 1 is 1.14 bits per heavy atom. The fraction of sp³-hybridized carbons (Fsp3) is 0.565. The summed E-state index contributed by atoms with van der Waals surface area (Å²) in [4.78, 5) is 27.6. The molecule has 2 N–H and O–H groups in total. The Morgan fingerprint density at radius 3 is 2.34 bits per heavy atom. The molecule has 1 aromatic heterocycles. The molecule has 0 spiro atoms.